The molecule has 0 saturated heterocycles. The Kier molecular flexibility index (Phi) is 9.51. The van der Waals surface area contributed by atoms with Gasteiger partial charge in [0, 0.05) is 51.9 Å². The number of nitrogens with zero attached hydrogens (tertiary/aromatic N) is 2. The molecule has 1 heterocycles. The first-order valence-electron chi connectivity index (χ1n) is 12.4. The van der Waals surface area contributed by atoms with E-state index in [0.29, 0.717) is 30.1 Å². The zero-order valence-corrected chi connectivity index (χ0v) is 21.5. The Morgan fingerprint density at radius 1 is 1.14 bits per heavy atom. The van der Waals surface area contributed by atoms with Crippen LogP contribution in [0.2, 0.25) is 0 Å². The third kappa shape index (κ3) is 6.73. The van der Waals surface area contributed by atoms with Crippen molar-refractivity contribution in [1.82, 2.24) is 9.80 Å². The molecule has 194 valence electrons. The van der Waals surface area contributed by atoms with E-state index >= 15 is 0 Å². The van der Waals surface area contributed by atoms with E-state index in [1.165, 1.54) is 7.11 Å². The highest BCUT2D eigenvalue weighted by Crippen LogP contribution is 2.30. The summed E-state index contributed by atoms with van der Waals surface area (Å²) in [6, 6.07) is 4.81. The van der Waals surface area contributed by atoms with Crippen molar-refractivity contribution in [2.45, 2.75) is 51.7 Å². The molecule has 3 amide bonds. The van der Waals surface area contributed by atoms with Crippen LogP contribution in [-0.4, -0.2) is 87.2 Å². The predicted molar refractivity (Wildman–Crippen MR) is 132 cm³/mol. The summed E-state index contributed by atoms with van der Waals surface area (Å²) < 4.78 is 16.8. The largest absolute Gasteiger partial charge is 0.491 e. The number of rotatable bonds is 5. The number of ether oxygens (including phenoxy) is 3. The third-order valence-electron chi connectivity index (χ3n) is 6.99. The van der Waals surface area contributed by atoms with Gasteiger partial charge in [-0.3, -0.25) is 14.4 Å². The summed E-state index contributed by atoms with van der Waals surface area (Å²) >= 11 is 0. The monoisotopic (exact) mass is 489 g/mol. The summed E-state index contributed by atoms with van der Waals surface area (Å²) in [5.74, 6) is 0.122. The average Bonchev–Trinajstić information content (AvgIpc) is 3.38. The molecule has 0 radical (unpaired) electrons. The second-order valence-electron chi connectivity index (χ2n) is 9.76. The fraction of sp³-hybridized carbons (Fsp3) is 0.654. The van der Waals surface area contributed by atoms with Crippen molar-refractivity contribution < 1.29 is 28.6 Å². The minimum Gasteiger partial charge on any atom is -0.491 e. The summed E-state index contributed by atoms with van der Waals surface area (Å²) in [4.78, 5) is 42.4. The van der Waals surface area contributed by atoms with E-state index in [2.05, 4.69) is 12.2 Å². The lowest BCUT2D eigenvalue weighted by Crippen LogP contribution is -2.50. The van der Waals surface area contributed by atoms with E-state index in [1.807, 2.05) is 11.8 Å². The molecule has 1 fully saturated rings. The fourth-order valence-electron chi connectivity index (χ4n) is 4.90. The summed E-state index contributed by atoms with van der Waals surface area (Å²) in [7, 11) is 4.80. The number of anilines is 1. The number of fused-ring (bicyclic) bond motifs is 1. The van der Waals surface area contributed by atoms with Crippen LogP contribution < -0.4 is 10.1 Å². The van der Waals surface area contributed by atoms with Crippen molar-refractivity contribution in [2.75, 3.05) is 52.9 Å². The van der Waals surface area contributed by atoms with E-state index < -0.39 is 0 Å². The maximum Gasteiger partial charge on any atom is 0.257 e. The van der Waals surface area contributed by atoms with Crippen LogP contribution in [0.5, 0.6) is 5.75 Å². The molecule has 0 spiro atoms. The molecule has 9 heteroatoms. The van der Waals surface area contributed by atoms with Crippen molar-refractivity contribution in [2.24, 2.45) is 11.8 Å². The van der Waals surface area contributed by atoms with Crippen LogP contribution in [0.25, 0.3) is 0 Å². The number of likely N-dealkylation sites (N-methyl/N-ethyl adjacent to an activating group) is 1. The molecule has 1 aromatic rings. The first-order valence-corrected chi connectivity index (χ1v) is 12.4. The number of hydrogen-bond acceptors (Lipinski definition) is 6. The molecular formula is C26H39N3O6. The zero-order chi connectivity index (χ0) is 25.5. The van der Waals surface area contributed by atoms with Crippen LogP contribution in [0.1, 0.15) is 49.9 Å². The molecule has 1 aliphatic heterocycles. The van der Waals surface area contributed by atoms with Crippen molar-refractivity contribution in [3.8, 4) is 5.75 Å². The summed E-state index contributed by atoms with van der Waals surface area (Å²) in [5.41, 5.74) is 0.817. The molecule has 1 N–H and O–H groups in total. The summed E-state index contributed by atoms with van der Waals surface area (Å²) in [5, 5.41) is 2.74. The van der Waals surface area contributed by atoms with Gasteiger partial charge in [0.1, 0.15) is 19.0 Å². The maximum absolute atomic E-state index is 13.4. The number of nitrogens with one attached hydrogen (secondary N) is 1. The highest BCUT2D eigenvalue weighted by Gasteiger charge is 2.34. The van der Waals surface area contributed by atoms with Gasteiger partial charge in [0.2, 0.25) is 11.8 Å². The van der Waals surface area contributed by atoms with Crippen LogP contribution in [0, 0.1) is 11.8 Å². The van der Waals surface area contributed by atoms with Gasteiger partial charge < -0.3 is 29.3 Å². The van der Waals surface area contributed by atoms with Gasteiger partial charge >= 0.3 is 0 Å². The van der Waals surface area contributed by atoms with Gasteiger partial charge in [-0.2, -0.15) is 0 Å². The Bertz CT molecular complexity index is 901. The molecule has 2 aliphatic rings. The van der Waals surface area contributed by atoms with Gasteiger partial charge in [0.05, 0.1) is 17.7 Å². The Morgan fingerprint density at radius 2 is 1.86 bits per heavy atom. The topological polar surface area (TPSA) is 97.4 Å². The van der Waals surface area contributed by atoms with Crippen molar-refractivity contribution >= 4 is 23.4 Å². The fourth-order valence-corrected chi connectivity index (χ4v) is 4.90. The number of amides is 3. The lowest BCUT2D eigenvalue weighted by Gasteiger charge is -2.37. The van der Waals surface area contributed by atoms with Crippen LogP contribution in [0.4, 0.5) is 5.69 Å². The smallest absolute Gasteiger partial charge is 0.257 e. The number of carbonyl (C=O) groups is 3. The first-order chi connectivity index (χ1) is 16.7. The standard InChI is InChI=1S/C26H39N3O6/c1-17-13-29(25(31)19-8-6-7-9-19)18(2)15-35-22-11-10-20(27-24(30)16-33-4)12-21(22)26(32)28(3)14-23(17)34-5/h10-12,17-19,23H,6-9,13-16H2,1-5H3,(H,27,30)/t17-,18-,23+/m0/s1. The van der Waals surface area contributed by atoms with Crippen LogP contribution in [0.15, 0.2) is 18.2 Å². The Morgan fingerprint density at radius 3 is 2.51 bits per heavy atom. The van der Waals surface area contributed by atoms with E-state index in [1.54, 1.807) is 37.3 Å². The maximum atomic E-state index is 13.4. The minimum atomic E-state index is -0.315. The molecule has 0 aromatic heterocycles. The van der Waals surface area contributed by atoms with Gasteiger partial charge in [-0.1, -0.05) is 19.8 Å². The van der Waals surface area contributed by atoms with Crippen molar-refractivity contribution in [3.63, 3.8) is 0 Å². The molecular weight excluding hydrogens is 450 g/mol. The molecule has 3 rings (SSSR count). The lowest BCUT2D eigenvalue weighted by molar-refractivity contribution is -0.139. The molecule has 0 bridgehead atoms. The molecule has 1 aromatic carbocycles. The van der Waals surface area contributed by atoms with Crippen LogP contribution in [-0.2, 0) is 19.1 Å². The number of methoxy groups -OCH3 is 2. The van der Waals surface area contributed by atoms with Gasteiger partial charge in [-0.15, -0.1) is 0 Å². The Hall–Kier alpha value is -2.65. The van der Waals surface area contributed by atoms with Crippen LogP contribution >= 0.6 is 0 Å². The van der Waals surface area contributed by atoms with Crippen molar-refractivity contribution in [1.29, 1.82) is 0 Å². The Labute approximate surface area is 208 Å². The van der Waals surface area contributed by atoms with Gasteiger partial charge in [-0.05, 0) is 38.0 Å². The Balaban J connectivity index is 1.92. The number of benzene rings is 1. The highest BCUT2D eigenvalue weighted by atomic mass is 16.5. The van der Waals surface area contributed by atoms with E-state index in [0.717, 1.165) is 25.7 Å². The highest BCUT2D eigenvalue weighted by molar-refractivity contribution is 5.99. The molecule has 9 nitrogen and oxygen atoms in total. The summed E-state index contributed by atoms with van der Waals surface area (Å²) in [6.07, 6.45) is 3.80. The molecule has 1 aliphatic carbocycles. The normalized spacial score (nSPS) is 24.3. The lowest BCUT2D eigenvalue weighted by atomic mass is 9.99. The number of carbonyl (C=O) groups excluding carboxylic acids is 3. The molecule has 35 heavy (non-hydrogen) atoms. The molecule has 1 saturated carbocycles. The molecule has 3 atom stereocenters. The van der Waals surface area contributed by atoms with Crippen molar-refractivity contribution in [3.05, 3.63) is 23.8 Å². The second kappa shape index (κ2) is 12.4. The quantitative estimate of drug-likeness (QED) is 0.683. The first kappa shape index (κ1) is 26.9. The average molecular weight is 490 g/mol. The van der Waals surface area contributed by atoms with E-state index in [-0.39, 0.29) is 54.9 Å². The van der Waals surface area contributed by atoms with Crippen LogP contribution in [0.3, 0.4) is 0 Å². The minimum absolute atomic E-state index is 0.0154. The van der Waals surface area contributed by atoms with Gasteiger partial charge in [-0.25, -0.2) is 0 Å². The van der Waals surface area contributed by atoms with Gasteiger partial charge in [0.15, 0.2) is 0 Å². The second-order valence-corrected chi connectivity index (χ2v) is 9.76. The summed E-state index contributed by atoms with van der Waals surface area (Å²) in [6.45, 7) is 5.10. The van der Waals surface area contributed by atoms with E-state index in [4.69, 9.17) is 14.2 Å². The number of hydrogen-bond donors (Lipinski definition) is 1. The third-order valence-corrected chi connectivity index (χ3v) is 6.99. The van der Waals surface area contributed by atoms with E-state index in [9.17, 15) is 14.4 Å². The van der Waals surface area contributed by atoms with Gasteiger partial charge in [0.25, 0.3) is 5.91 Å². The SMILES string of the molecule is COCC(=O)Nc1ccc2c(c1)C(=O)N(C)C[C@@H](OC)[C@@H](C)CN(C(=O)C1CCCC1)[C@@H](C)CO2. The molecule has 0 unspecified atom stereocenters. The predicted octanol–water partition coefficient (Wildman–Crippen LogP) is 2.79. The zero-order valence-electron chi connectivity index (χ0n) is 21.5.